The van der Waals surface area contributed by atoms with Gasteiger partial charge in [-0.05, 0) is 98.4 Å². The normalized spacial score (nSPS) is 24.2. The number of nitrogens with one attached hydrogen (secondary N) is 4. The molecule has 0 radical (unpaired) electrons. The first-order valence-corrected chi connectivity index (χ1v) is 23.4. The van der Waals surface area contributed by atoms with E-state index in [0.29, 0.717) is 41.2 Å². The van der Waals surface area contributed by atoms with E-state index < -0.39 is 47.7 Å². The van der Waals surface area contributed by atoms with Gasteiger partial charge in [-0.15, -0.1) is 0 Å². The Labute approximate surface area is 400 Å². The Hall–Kier alpha value is -6.76. The molecule has 19 heteroatoms. The van der Waals surface area contributed by atoms with E-state index in [-0.39, 0.29) is 78.2 Å². The average molecular weight is 951 g/mol. The molecule has 2 aromatic heterocycles. The minimum absolute atomic E-state index is 0.00812. The lowest BCUT2D eigenvalue weighted by atomic mass is 9.39. The number of nitrogens with zero attached hydrogens (tertiary/aromatic N) is 4. The zero-order valence-electron chi connectivity index (χ0n) is 40.1. The Morgan fingerprint density at radius 2 is 1.55 bits per heavy atom. The van der Waals surface area contributed by atoms with E-state index in [0.717, 1.165) is 61.3 Å². The molecular formula is C50H62N8O11. The predicted molar refractivity (Wildman–Crippen MR) is 250 cm³/mol. The number of carboxylic acids is 1. The number of alkyl carbamates (subject to hydrolysis) is 1. The van der Waals surface area contributed by atoms with E-state index >= 15 is 0 Å². The smallest absolute Gasteiger partial charge is 0.407 e. The van der Waals surface area contributed by atoms with Crippen molar-refractivity contribution in [2.24, 2.45) is 22.2 Å². The highest BCUT2D eigenvalue weighted by molar-refractivity contribution is 6.13. The fourth-order valence-electron chi connectivity index (χ4n) is 12.0. The standard InChI is InChI=1S/C50H62N8O11/c1-30(19-38(59)31(2)54-39(60)15-17-57-41(62)13-14-42(57)63)44(64)56-34-9-7-33(8-10-34)22-68-46(67)52-16-18-69-50-26-47(4)23-48(5,27-50)25-49(24-47,28-50)29-58-32(3)37(21-53-58)36-12-11-35(20-40(61)51-6)55-43(36)45(65)66/h7-14,21,30-31H,15-20,22-29H2,1-6H3,(H,51,61)(H,52,67)(H,54,60)(H,56,64)(H,65,66)/t30-,31+,47?,48?,49?,50?/m1/s1. The van der Waals surface area contributed by atoms with Gasteiger partial charge in [-0.1, -0.05) is 32.9 Å². The third-order valence-corrected chi connectivity index (χ3v) is 14.0. The van der Waals surface area contributed by atoms with E-state index in [2.05, 4.69) is 40.1 Å². The SMILES string of the molecule is CNC(=O)Cc1ccc(-c2cnn(CC34CC5(C)CC(C)(C3)CC(OCCNC(=O)OCc3ccc(NC(=O)[C@H](C)CC(=O)[C@H](C)NC(=O)CCN6C(=O)C=CC6=O)cc3)(C5)C4)c2C)c(C(=O)O)n1. The number of rotatable bonds is 21. The molecule has 6 amide bonds. The lowest BCUT2D eigenvalue weighted by Gasteiger charge is -2.69. The predicted octanol–water partition coefficient (Wildman–Crippen LogP) is 4.66. The van der Waals surface area contributed by atoms with Crippen molar-refractivity contribution >= 4 is 53.1 Å². The molecule has 4 atom stereocenters. The molecule has 4 aliphatic carbocycles. The summed E-state index contributed by atoms with van der Waals surface area (Å²) in [6.07, 6.45) is 8.87. The highest BCUT2D eigenvalue weighted by Gasteiger charge is 2.66. The summed E-state index contributed by atoms with van der Waals surface area (Å²) < 4.78 is 14.3. The number of carboxylic acid groups (broad SMARTS) is 1. The summed E-state index contributed by atoms with van der Waals surface area (Å²) in [7, 11) is 1.52. The van der Waals surface area contributed by atoms with Crippen molar-refractivity contribution in [3.8, 4) is 11.1 Å². The van der Waals surface area contributed by atoms with Crippen LogP contribution in [0, 0.1) is 29.1 Å². The van der Waals surface area contributed by atoms with E-state index in [1.165, 1.54) is 14.0 Å². The molecule has 5 N–H and O–H groups in total. The number of ether oxygens (including phenoxy) is 2. The number of aromatic carboxylic acids is 1. The summed E-state index contributed by atoms with van der Waals surface area (Å²) in [5, 5.41) is 25.6. The monoisotopic (exact) mass is 950 g/mol. The molecule has 69 heavy (non-hydrogen) atoms. The number of Topliss-reactive ketones (excluding diaryl/α,β-unsaturated/α-hetero) is 1. The molecule has 0 spiro atoms. The van der Waals surface area contributed by atoms with Crippen LogP contribution in [0.5, 0.6) is 0 Å². The second-order valence-electron chi connectivity index (χ2n) is 20.3. The van der Waals surface area contributed by atoms with E-state index in [1.54, 1.807) is 49.5 Å². The van der Waals surface area contributed by atoms with Gasteiger partial charge in [0, 0.05) is 80.1 Å². The van der Waals surface area contributed by atoms with Crippen LogP contribution in [0.3, 0.4) is 0 Å². The van der Waals surface area contributed by atoms with Crippen molar-refractivity contribution in [3.63, 3.8) is 0 Å². The van der Waals surface area contributed by atoms with Crippen LogP contribution < -0.4 is 21.3 Å². The summed E-state index contributed by atoms with van der Waals surface area (Å²) in [6, 6.07) is 9.27. The molecule has 4 bridgehead atoms. The Kier molecular flexibility index (Phi) is 14.6. The number of carbonyl (C=O) groups is 8. The van der Waals surface area contributed by atoms with Crippen LogP contribution in [0.15, 0.2) is 54.7 Å². The zero-order chi connectivity index (χ0) is 49.9. The van der Waals surface area contributed by atoms with Gasteiger partial charge in [0.25, 0.3) is 11.8 Å². The van der Waals surface area contributed by atoms with Crippen LogP contribution in [0.25, 0.3) is 11.1 Å². The Morgan fingerprint density at radius 1 is 0.870 bits per heavy atom. The fraction of sp³-hybridized carbons (Fsp3) is 0.520. The number of amides is 6. The molecule has 8 rings (SSSR count). The Balaban J connectivity index is 0.855. The van der Waals surface area contributed by atoms with Crippen molar-refractivity contribution in [2.75, 3.05) is 32.1 Å². The van der Waals surface area contributed by atoms with E-state index in [9.17, 15) is 43.5 Å². The van der Waals surface area contributed by atoms with Gasteiger partial charge >= 0.3 is 12.1 Å². The van der Waals surface area contributed by atoms with Gasteiger partial charge in [-0.2, -0.15) is 5.10 Å². The molecule has 2 unspecified atom stereocenters. The van der Waals surface area contributed by atoms with Crippen LogP contribution >= 0.6 is 0 Å². The van der Waals surface area contributed by atoms with E-state index in [1.807, 2.05) is 11.6 Å². The van der Waals surface area contributed by atoms with Crippen molar-refractivity contribution in [1.29, 1.82) is 0 Å². The fourth-order valence-corrected chi connectivity index (χ4v) is 12.0. The third kappa shape index (κ3) is 11.8. The van der Waals surface area contributed by atoms with E-state index in [4.69, 9.17) is 14.6 Å². The number of ketones is 1. The Morgan fingerprint density at radius 3 is 2.20 bits per heavy atom. The van der Waals surface area contributed by atoms with Crippen molar-refractivity contribution in [3.05, 3.63) is 77.4 Å². The van der Waals surface area contributed by atoms with Gasteiger partial charge in [-0.3, -0.25) is 38.3 Å². The number of carbonyl (C=O) groups excluding carboxylic acids is 7. The molecule has 19 nitrogen and oxygen atoms in total. The maximum atomic E-state index is 12.9. The maximum Gasteiger partial charge on any atom is 0.407 e. The van der Waals surface area contributed by atoms with Gasteiger partial charge < -0.3 is 35.8 Å². The first kappa shape index (κ1) is 50.1. The topological polar surface area (TPSA) is 257 Å². The molecule has 1 aromatic carbocycles. The second kappa shape index (κ2) is 20.1. The first-order valence-electron chi connectivity index (χ1n) is 23.4. The zero-order valence-corrected chi connectivity index (χ0v) is 40.1. The third-order valence-electron chi connectivity index (χ3n) is 14.0. The quantitative estimate of drug-likeness (QED) is 0.0721. The number of anilines is 1. The van der Waals surface area contributed by atoms with Gasteiger partial charge in [-0.25, -0.2) is 14.6 Å². The first-order chi connectivity index (χ1) is 32.6. The minimum atomic E-state index is -1.18. The van der Waals surface area contributed by atoms with Crippen LogP contribution in [0.1, 0.15) is 107 Å². The number of imide groups is 1. The molecule has 368 valence electrons. The summed E-state index contributed by atoms with van der Waals surface area (Å²) in [4.78, 5) is 104. The van der Waals surface area contributed by atoms with Crippen LogP contribution in [0.2, 0.25) is 0 Å². The summed E-state index contributed by atoms with van der Waals surface area (Å²) >= 11 is 0. The van der Waals surface area contributed by atoms with Gasteiger partial charge in [0.05, 0.1) is 36.6 Å². The van der Waals surface area contributed by atoms with Crippen molar-refractivity contribution in [1.82, 2.24) is 35.6 Å². The van der Waals surface area contributed by atoms with Crippen molar-refractivity contribution < 1.29 is 52.9 Å². The van der Waals surface area contributed by atoms with Gasteiger partial charge in [0.15, 0.2) is 11.5 Å². The van der Waals surface area contributed by atoms with Gasteiger partial charge in [0.2, 0.25) is 17.7 Å². The highest BCUT2D eigenvalue weighted by Crippen LogP contribution is 2.72. The molecule has 3 heterocycles. The molecular weight excluding hydrogens is 889 g/mol. The van der Waals surface area contributed by atoms with Crippen LogP contribution in [0.4, 0.5) is 10.5 Å². The number of hydrogen-bond acceptors (Lipinski definition) is 12. The molecule has 4 fully saturated rings. The van der Waals surface area contributed by atoms with Gasteiger partial charge in [0.1, 0.15) is 6.61 Å². The number of hydrogen-bond donors (Lipinski definition) is 5. The van der Waals surface area contributed by atoms with Crippen molar-refractivity contribution in [2.45, 2.75) is 117 Å². The largest absolute Gasteiger partial charge is 0.476 e. The maximum absolute atomic E-state index is 12.9. The highest BCUT2D eigenvalue weighted by atomic mass is 16.5. The van der Waals surface area contributed by atoms with Crippen LogP contribution in [-0.4, -0.2) is 111 Å². The molecule has 5 aliphatic rings. The molecule has 4 saturated carbocycles. The summed E-state index contributed by atoms with van der Waals surface area (Å²) in [5.74, 6) is -4.38. The number of likely N-dealkylation sites (N-methyl/N-ethyl adjacent to an activating group) is 1. The minimum Gasteiger partial charge on any atom is -0.476 e. The second-order valence-corrected chi connectivity index (χ2v) is 20.3. The molecule has 1 aliphatic heterocycles. The number of aromatic nitrogens is 3. The number of pyridine rings is 1. The molecule has 3 aromatic rings. The summed E-state index contributed by atoms with van der Waals surface area (Å²) in [5.41, 5.74) is 3.00. The molecule has 0 saturated heterocycles. The Bertz CT molecular complexity index is 2530. The average Bonchev–Trinajstić information content (AvgIpc) is 3.80. The lowest BCUT2D eigenvalue weighted by Crippen LogP contribution is -2.64. The van der Waals surface area contributed by atoms with Crippen LogP contribution in [-0.2, 0) is 57.8 Å². The summed E-state index contributed by atoms with van der Waals surface area (Å²) in [6.45, 7) is 10.9. The number of benzene rings is 1. The lowest BCUT2D eigenvalue weighted by molar-refractivity contribution is -0.247.